The molecule has 2 aromatic heterocycles. The van der Waals surface area contributed by atoms with Gasteiger partial charge in [-0.15, -0.1) is 0 Å². The van der Waals surface area contributed by atoms with E-state index in [0.717, 1.165) is 36.3 Å². The van der Waals surface area contributed by atoms with Gasteiger partial charge in [0.2, 0.25) is 0 Å². The van der Waals surface area contributed by atoms with Crippen LogP contribution in [0.15, 0.2) is 70.1 Å². The molecular formula is C24H21N3O2. The minimum Gasteiger partial charge on any atom is -0.464 e. The fourth-order valence-electron chi connectivity index (χ4n) is 4.12. The van der Waals surface area contributed by atoms with Crippen LogP contribution in [0, 0.1) is 6.92 Å². The third-order valence-corrected chi connectivity index (χ3v) is 5.48. The summed E-state index contributed by atoms with van der Waals surface area (Å²) < 4.78 is 5.42. The third kappa shape index (κ3) is 3.40. The Balaban J connectivity index is 1.52. The van der Waals surface area contributed by atoms with Gasteiger partial charge in [-0.3, -0.25) is 4.79 Å². The predicted molar refractivity (Wildman–Crippen MR) is 114 cm³/mol. The van der Waals surface area contributed by atoms with Gasteiger partial charge in [0, 0.05) is 17.7 Å². The van der Waals surface area contributed by atoms with Crippen LogP contribution in [0.25, 0.3) is 22.2 Å². The number of hydrogen-bond donors (Lipinski definition) is 1. The first-order valence-electron chi connectivity index (χ1n) is 9.89. The van der Waals surface area contributed by atoms with Gasteiger partial charge in [0.05, 0.1) is 23.4 Å². The molecule has 29 heavy (non-hydrogen) atoms. The first-order chi connectivity index (χ1) is 14.2. The smallest absolute Gasteiger partial charge is 0.192 e. The maximum absolute atomic E-state index is 12.2. The minimum atomic E-state index is -0.0592. The molecule has 0 bridgehead atoms. The lowest BCUT2D eigenvalue weighted by Crippen LogP contribution is -2.18. The quantitative estimate of drug-likeness (QED) is 0.536. The molecule has 1 N–H and O–H groups in total. The van der Waals surface area contributed by atoms with Gasteiger partial charge < -0.3 is 9.73 Å². The summed E-state index contributed by atoms with van der Waals surface area (Å²) in [6.45, 7) is 1.89. The van der Waals surface area contributed by atoms with Crippen molar-refractivity contribution in [2.24, 2.45) is 0 Å². The van der Waals surface area contributed by atoms with E-state index in [1.165, 1.54) is 23.5 Å². The van der Waals surface area contributed by atoms with Crippen LogP contribution in [-0.2, 0) is 6.42 Å². The number of nitrogens with one attached hydrogen (secondary N) is 1. The largest absolute Gasteiger partial charge is 0.464 e. The highest BCUT2D eigenvalue weighted by Crippen LogP contribution is 2.32. The molecule has 5 heteroatoms. The van der Waals surface area contributed by atoms with Crippen LogP contribution in [0.5, 0.6) is 0 Å². The molecule has 144 valence electrons. The number of nitrogens with zero attached hydrogens (tertiary/aromatic N) is 2. The number of anilines is 1. The summed E-state index contributed by atoms with van der Waals surface area (Å²) in [5.74, 6) is 1.49. The van der Waals surface area contributed by atoms with Gasteiger partial charge in [-0.1, -0.05) is 24.3 Å². The van der Waals surface area contributed by atoms with E-state index in [1.807, 2.05) is 31.2 Å². The maximum atomic E-state index is 12.2. The average molecular weight is 383 g/mol. The number of rotatable bonds is 3. The number of aryl methyl sites for hydroxylation is 2. The van der Waals surface area contributed by atoms with E-state index < -0.39 is 0 Å². The van der Waals surface area contributed by atoms with Crippen LogP contribution in [-0.4, -0.2) is 9.97 Å². The van der Waals surface area contributed by atoms with E-state index in [4.69, 9.17) is 4.42 Å². The van der Waals surface area contributed by atoms with Crippen LogP contribution < -0.4 is 10.7 Å². The van der Waals surface area contributed by atoms with Gasteiger partial charge in [-0.25, -0.2) is 9.97 Å². The lowest BCUT2D eigenvalue weighted by atomic mass is 9.88. The molecule has 0 amide bonds. The number of hydrogen-bond acceptors (Lipinski definition) is 5. The van der Waals surface area contributed by atoms with Crippen LogP contribution in [0.4, 0.5) is 5.82 Å². The van der Waals surface area contributed by atoms with Crippen molar-refractivity contribution in [3.05, 3.63) is 88.0 Å². The molecule has 5 rings (SSSR count). The Kier molecular flexibility index (Phi) is 4.35. The molecular weight excluding hydrogens is 362 g/mol. The molecule has 1 aliphatic carbocycles. The standard InChI is InChI=1S/C24H21N3O2/c1-15-25-21(17-9-10-23-19(13-17)22(28)11-12-29-23)14-24(26-15)27-20-8-4-6-16-5-2-3-7-18(16)20/h2-3,5,7,9-14,20H,4,6,8H2,1H3,(H,25,26,27). The Bertz CT molecular complexity index is 1260. The molecule has 0 fully saturated rings. The zero-order chi connectivity index (χ0) is 19.8. The molecule has 2 aromatic carbocycles. The SMILES string of the molecule is Cc1nc(NC2CCCc3ccccc32)cc(-c2ccc3occc(=O)c3c2)n1. The molecule has 2 heterocycles. The van der Waals surface area contributed by atoms with Gasteiger partial charge >= 0.3 is 0 Å². The first-order valence-corrected chi connectivity index (χ1v) is 9.89. The molecule has 1 aliphatic rings. The maximum Gasteiger partial charge on any atom is 0.192 e. The number of benzene rings is 2. The minimum absolute atomic E-state index is 0.0592. The molecule has 4 aromatic rings. The Morgan fingerprint density at radius 3 is 2.90 bits per heavy atom. The lowest BCUT2D eigenvalue weighted by molar-refractivity contribution is 0.598. The summed E-state index contributed by atoms with van der Waals surface area (Å²) in [4.78, 5) is 21.4. The number of aromatic nitrogens is 2. The topological polar surface area (TPSA) is 68.0 Å². The highest BCUT2D eigenvalue weighted by Gasteiger charge is 2.20. The van der Waals surface area contributed by atoms with Crippen molar-refractivity contribution in [3.8, 4) is 11.3 Å². The molecule has 1 unspecified atom stereocenters. The van der Waals surface area contributed by atoms with Crippen LogP contribution in [0.2, 0.25) is 0 Å². The Hall–Kier alpha value is -3.47. The van der Waals surface area contributed by atoms with E-state index in [-0.39, 0.29) is 11.5 Å². The second-order valence-corrected chi connectivity index (χ2v) is 7.47. The van der Waals surface area contributed by atoms with Gasteiger partial charge in [-0.2, -0.15) is 0 Å². The van der Waals surface area contributed by atoms with Crippen molar-refractivity contribution in [2.75, 3.05) is 5.32 Å². The van der Waals surface area contributed by atoms with Crippen LogP contribution >= 0.6 is 0 Å². The summed E-state index contributed by atoms with van der Waals surface area (Å²) >= 11 is 0. The van der Waals surface area contributed by atoms with Crippen LogP contribution in [0.1, 0.15) is 35.8 Å². The normalized spacial score (nSPS) is 15.8. The van der Waals surface area contributed by atoms with E-state index in [2.05, 4.69) is 39.6 Å². The van der Waals surface area contributed by atoms with Gasteiger partial charge in [0.25, 0.3) is 0 Å². The molecule has 0 radical (unpaired) electrons. The van der Waals surface area contributed by atoms with Crippen molar-refractivity contribution in [1.29, 1.82) is 0 Å². The summed E-state index contributed by atoms with van der Waals surface area (Å²) in [5, 5.41) is 4.16. The van der Waals surface area contributed by atoms with Crippen molar-refractivity contribution in [1.82, 2.24) is 9.97 Å². The Morgan fingerprint density at radius 1 is 1.07 bits per heavy atom. The van der Waals surface area contributed by atoms with Crippen molar-refractivity contribution < 1.29 is 4.42 Å². The summed E-state index contributed by atoms with van der Waals surface area (Å²) in [6, 6.07) is 17.8. The predicted octanol–water partition coefficient (Wildman–Crippen LogP) is 5.05. The highest BCUT2D eigenvalue weighted by molar-refractivity contribution is 5.82. The lowest BCUT2D eigenvalue weighted by Gasteiger charge is -2.27. The van der Waals surface area contributed by atoms with E-state index in [9.17, 15) is 4.79 Å². The van der Waals surface area contributed by atoms with E-state index in [0.29, 0.717) is 16.8 Å². The monoisotopic (exact) mass is 383 g/mol. The zero-order valence-electron chi connectivity index (χ0n) is 16.2. The highest BCUT2D eigenvalue weighted by atomic mass is 16.3. The summed E-state index contributed by atoms with van der Waals surface area (Å²) in [6.07, 6.45) is 4.78. The van der Waals surface area contributed by atoms with Crippen molar-refractivity contribution in [2.45, 2.75) is 32.2 Å². The van der Waals surface area contributed by atoms with Gasteiger partial charge in [-0.05, 0) is 55.5 Å². The van der Waals surface area contributed by atoms with Crippen molar-refractivity contribution in [3.63, 3.8) is 0 Å². The number of fused-ring (bicyclic) bond motifs is 2. The van der Waals surface area contributed by atoms with Gasteiger partial charge in [0.15, 0.2) is 5.43 Å². The van der Waals surface area contributed by atoms with Crippen LogP contribution in [0.3, 0.4) is 0 Å². The summed E-state index contributed by atoms with van der Waals surface area (Å²) in [5.41, 5.74) is 4.92. The summed E-state index contributed by atoms with van der Waals surface area (Å²) in [7, 11) is 0. The molecule has 0 saturated carbocycles. The molecule has 0 saturated heterocycles. The second-order valence-electron chi connectivity index (χ2n) is 7.47. The average Bonchev–Trinajstić information content (AvgIpc) is 2.74. The van der Waals surface area contributed by atoms with E-state index in [1.54, 1.807) is 0 Å². The Morgan fingerprint density at radius 2 is 1.97 bits per heavy atom. The Labute approximate surface area is 168 Å². The molecule has 0 aliphatic heterocycles. The van der Waals surface area contributed by atoms with Crippen molar-refractivity contribution >= 4 is 16.8 Å². The molecule has 1 atom stereocenters. The van der Waals surface area contributed by atoms with E-state index >= 15 is 0 Å². The fraction of sp³-hybridized carbons (Fsp3) is 0.208. The first kappa shape index (κ1) is 17.6. The fourth-order valence-corrected chi connectivity index (χ4v) is 4.12. The molecule has 5 nitrogen and oxygen atoms in total. The van der Waals surface area contributed by atoms with Gasteiger partial charge in [0.1, 0.15) is 17.2 Å². The molecule has 0 spiro atoms. The zero-order valence-corrected chi connectivity index (χ0v) is 16.2. The third-order valence-electron chi connectivity index (χ3n) is 5.48. The second kappa shape index (κ2) is 7.17.